The average molecular weight is 281 g/mol. The Hall–Kier alpha value is -1.03. The van der Waals surface area contributed by atoms with Crippen molar-refractivity contribution < 1.29 is 8.42 Å². The van der Waals surface area contributed by atoms with Crippen LogP contribution in [0.2, 0.25) is 0 Å². The predicted octanol–water partition coefficient (Wildman–Crippen LogP) is 3.47. The number of sulfone groups is 1. The SMILES string of the molecule is CC1(C)CCC(Nc2cccc(S(C)(=O)=O)c2)CC1. The molecule has 1 fully saturated rings. The second-order valence-corrected chi connectivity index (χ2v) is 8.40. The first-order valence-corrected chi connectivity index (χ1v) is 8.72. The van der Waals surface area contributed by atoms with Crippen molar-refractivity contribution in [2.75, 3.05) is 11.6 Å². The van der Waals surface area contributed by atoms with Crippen LogP contribution < -0.4 is 5.32 Å². The zero-order valence-corrected chi connectivity index (χ0v) is 12.8. The first-order valence-electron chi connectivity index (χ1n) is 6.83. The normalized spacial score (nSPS) is 20.2. The molecular formula is C15H23NO2S. The summed E-state index contributed by atoms with van der Waals surface area (Å²) in [5.74, 6) is 0. The lowest BCUT2D eigenvalue weighted by Crippen LogP contribution is -2.29. The lowest BCUT2D eigenvalue weighted by molar-refractivity contribution is 0.232. The first-order chi connectivity index (χ1) is 8.76. The molecule has 106 valence electrons. The number of hydrogen-bond acceptors (Lipinski definition) is 3. The van der Waals surface area contributed by atoms with E-state index in [4.69, 9.17) is 0 Å². The molecule has 2 rings (SSSR count). The van der Waals surface area contributed by atoms with Gasteiger partial charge in [0.05, 0.1) is 4.90 Å². The summed E-state index contributed by atoms with van der Waals surface area (Å²) in [6, 6.07) is 7.57. The van der Waals surface area contributed by atoms with Crippen molar-refractivity contribution in [2.45, 2.75) is 50.5 Å². The van der Waals surface area contributed by atoms with Gasteiger partial charge >= 0.3 is 0 Å². The highest BCUT2D eigenvalue weighted by molar-refractivity contribution is 7.90. The summed E-state index contributed by atoms with van der Waals surface area (Å²) in [6.07, 6.45) is 5.98. The molecule has 0 heterocycles. The van der Waals surface area contributed by atoms with Crippen LogP contribution in [0.3, 0.4) is 0 Å². The molecule has 19 heavy (non-hydrogen) atoms. The fourth-order valence-corrected chi connectivity index (χ4v) is 3.26. The summed E-state index contributed by atoms with van der Waals surface area (Å²) in [4.78, 5) is 0.383. The molecular weight excluding hydrogens is 258 g/mol. The van der Waals surface area contributed by atoms with Gasteiger partial charge in [0.15, 0.2) is 9.84 Å². The standard InChI is InChI=1S/C15H23NO2S/c1-15(2)9-7-12(8-10-15)16-13-5-4-6-14(11-13)19(3,17)18/h4-6,11-12,16H,7-10H2,1-3H3. The minimum atomic E-state index is -3.12. The molecule has 0 aromatic heterocycles. The maximum Gasteiger partial charge on any atom is 0.175 e. The highest BCUT2D eigenvalue weighted by Gasteiger charge is 2.26. The van der Waals surface area contributed by atoms with Crippen molar-refractivity contribution in [1.29, 1.82) is 0 Å². The van der Waals surface area contributed by atoms with Gasteiger partial charge in [0.1, 0.15) is 0 Å². The molecule has 0 radical (unpaired) electrons. The Morgan fingerprint density at radius 3 is 2.42 bits per heavy atom. The minimum absolute atomic E-state index is 0.383. The van der Waals surface area contributed by atoms with Crippen molar-refractivity contribution >= 4 is 15.5 Å². The van der Waals surface area contributed by atoms with Crippen molar-refractivity contribution in [2.24, 2.45) is 5.41 Å². The molecule has 0 bridgehead atoms. The van der Waals surface area contributed by atoms with Crippen LogP contribution in [0.4, 0.5) is 5.69 Å². The summed E-state index contributed by atoms with van der Waals surface area (Å²) in [7, 11) is -3.12. The molecule has 1 aliphatic rings. The third-order valence-corrected chi connectivity index (χ3v) is 5.08. The van der Waals surface area contributed by atoms with E-state index in [0.29, 0.717) is 16.4 Å². The molecule has 1 N–H and O–H groups in total. The Labute approximate surface area is 116 Å². The fraction of sp³-hybridized carbons (Fsp3) is 0.600. The molecule has 0 atom stereocenters. The summed E-state index contributed by atoms with van der Waals surface area (Å²) in [6.45, 7) is 4.63. The summed E-state index contributed by atoms with van der Waals surface area (Å²) >= 11 is 0. The van der Waals surface area contributed by atoms with Gasteiger partial charge < -0.3 is 5.32 Å². The van der Waals surface area contributed by atoms with E-state index in [1.54, 1.807) is 18.2 Å². The lowest BCUT2D eigenvalue weighted by Gasteiger charge is -2.35. The number of anilines is 1. The van der Waals surface area contributed by atoms with Crippen LogP contribution in [0.25, 0.3) is 0 Å². The second kappa shape index (κ2) is 5.16. The summed E-state index contributed by atoms with van der Waals surface area (Å²) in [5.41, 5.74) is 1.36. The zero-order chi connectivity index (χ0) is 14.1. The van der Waals surface area contributed by atoms with Crippen molar-refractivity contribution in [3.05, 3.63) is 24.3 Å². The Morgan fingerprint density at radius 2 is 1.84 bits per heavy atom. The van der Waals surface area contributed by atoms with E-state index in [2.05, 4.69) is 19.2 Å². The topological polar surface area (TPSA) is 46.2 Å². The van der Waals surface area contributed by atoms with Gasteiger partial charge in [0, 0.05) is 18.0 Å². The van der Waals surface area contributed by atoms with Crippen LogP contribution in [0.5, 0.6) is 0 Å². The molecule has 0 amide bonds. The van der Waals surface area contributed by atoms with E-state index in [0.717, 1.165) is 18.5 Å². The van der Waals surface area contributed by atoms with Gasteiger partial charge in [-0.3, -0.25) is 0 Å². The molecule has 0 spiro atoms. The molecule has 1 saturated carbocycles. The molecule has 0 aliphatic heterocycles. The van der Waals surface area contributed by atoms with E-state index in [1.165, 1.54) is 19.1 Å². The lowest BCUT2D eigenvalue weighted by atomic mass is 9.75. The van der Waals surface area contributed by atoms with Gasteiger partial charge in [-0.15, -0.1) is 0 Å². The largest absolute Gasteiger partial charge is 0.382 e. The van der Waals surface area contributed by atoms with Crippen LogP contribution in [-0.4, -0.2) is 20.7 Å². The third-order valence-electron chi connectivity index (χ3n) is 3.97. The Morgan fingerprint density at radius 1 is 1.21 bits per heavy atom. The maximum absolute atomic E-state index is 11.5. The number of rotatable bonds is 3. The first kappa shape index (κ1) is 14.4. The molecule has 0 saturated heterocycles. The summed E-state index contributed by atoms with van der Waals surface area (Å²) in [5, 5.41) is 3.47. The fourth-order valence-electron chi connectivity index (χ4n) is 2.60. The van der Waals surface area contributed by atoms with E-state index < -0.39 is 9.84 Å². The Balaban J connectivity index is 2.05. The molecule has 1 aromatic rings. The highest BCUT2D eigenvalue weighted by Crippen LogP contribution is 2.36. The van der Waals surface area contributed by atoms with E-state index in [1.807, 2.05) is 6.07 Å². The Bertz CT molecular complexity index is 539. The van der Waals surface area contributed by atoms with E-state index in [-0.39, 0.29) is 0 Å². The van der Waals surface area contributed by atoms with Crippen LogP contribution in [0, 0.1) is 5.41 Å². The van der Waals surface area contributed by atoms with Crippen molar-refractivity contribution in [1.82, 2.24) is 0 Å². The number of nitrogens with one attached hydrogen (secondary N) is 1. The quantitative estimate of drug-likeness (QED) is 0.922. The monoisotopic (exact) mass is 281 g/mol. The van der Waals surface area contributed by atoms with Gasteiger partial charge in [0.2, 0.25) is 0 Å². The number of hydrogen-bond donors (Lipinski definition) is 1. The molecule has 1 aliphatic carbocycles. The maximum atomic E-state index is 11.5. The van der Waals surface area contributed by atoms with Crippen molar-refractivity contribution in [3.63, 3.8) is 0 Å². The minimum Gasteiger partial charge on any atom is -0.382 e. The van der Waals surface area contributed by atoms with Gasteiger partial charge in [-0.1, -0.05) is 19.9 Å². The third kappa shape index (κ3) is 3.96. The van der Waals surface area contributed by atoms with Gasteiger partial charge in [-0.05, 0) is 49.3 Å². The molecule has 0 unspecified atom stereocenters. The zero-order valence-electron chi connectivity index (χ0n) is 11.9. The Kier molecular flexibility index (Phi) is 3.90. The molecule has 1 aromatic carbocycles. The van der Waals surface area contributed by atoms with Crippen LogP contribution in [-0.2, 0) is 9.84 Å². The average Bonchev–Trinajstić information content (AvgIpc) is 2.31. The highest BCUT2D eigenvalue weighted by atomic mass is 32.2. The smallest absolute Gasteiger partial charge is 0.175 e. The van der Waals surface area contributed by atoms with Crippen LogP contribution >= 0.6 is 0 Å². The predicted molar refractivity (Wildman–Crippen MR) is 79.2 cm³/mol. The van der Waals surface area contributed by atoms with Gasteiger partial charge in [-0.25, -0.2) is 8.42 Å². The van der Waals surface area contributed by atoms with Crippen LogP contribution in [0.1, 0.15) is 39.5 Å². The number of benzene rings is 1. The second-order valence-electron chi connectivity index (χ2n) is 6.38. The van der Waals surface area contributed by atoms with E-state index in [9.17, 15) is 8.42 Å². The van der Waals surface area contributed by atoms with Gasteiger partial charge in [-0.2, -0.15) is 0 Å². The molecule has 4 heteroatoms. The van der Waals surface area contributed by atoms with Gasteiger partial charge in [0.25, 0.3) is 0 Å². The van der Waals surface area contributed by atoms with Crippen LogP contribution in [0.15, 0.2) is 29.2 Å². The molecule has 3 nitrogen and oxygen atoms in total. The van der Waals surface area contributed by atoms with E-state index >= 15 is 0 Å². The summed E-state index contributed by atoms with van der Waals surface area (Å²) < 4.78 is 23.1. The van der Waals surface area contributed by atoms with Crippen molar-refractivity contribution in [3.8, 4) is 0 Å².